The number of ether oxygens (including phenoxy) is 1. The smallest absolute Gasteiger partial charge is 0.875 e. The van der Waals surface area contributed by atoms with Crippen molar-refractivity contribution >= 4 is 34.6 Å². The van der Waals surface area contributed by atoms with Crippen LogP contribution in [0.3, 0.4) is 0 Å². The molecule has 51 heavy (non-hydrogen) atoms. The van der Waals surface area contributed by atoms with E-state index in [0.717, 1.165) is 86.3 Å². The molecule has 0 aliphatic carbocycles. The average molecular weight is 750 g/mol. The SMILES string of the molecule is CCCCCCCC([O-])=C(C(C)=O)C(=O)OC.CCCCc1c(C(C)C)nc2n(c1=O)N=C(C(C)C)C2=Nc1ccc(N(CC)CC)cc1C.[Ni+2]. The molecule has 2 aromatic rings. The molecule has 0 saturated carbocycles. The molecular formula is C40H60N5NiO5+. The fraction of sp³-hybridized carbons (Fsp3) is 0.600. The molecule has 0 spiro atoms. The summed E-state index contributed by atoms with van der Waals surface area (Å²) in [5.74, 6) is -0.885. The Hall–Kier alpha value is -3.59. The molecule has 1 aliphatic heterocycles. The van der Waals surface area contributed by atoms with Gasteiger partial charge in [-0.15, -0.1) is 5.76 Å². The van der Waals surface area contributed by atoms with E-state index in [0.29, 0.717) is 18.0 Å². The minimum absolute atomic E-state index is 0. The molecule has 0 bridgehead atoms. The molecular weight excluding hydrogens is 689 g/mol. The molecule has 11 heteroatoms. The topological polar surface area (TPSA) is 129 Å². The van der Waals surface area contributed by atoms with E-state index in [1.165, 1.54) is 24.4 Å². The van der Waals surface area contributed by atoms with Crippen LogP contribution in [0, 0.1) is 12.8 Å². The van der Waals surface area contributed by atoms with Gasteiger partial charge in [-0.1, -0.05) is 80.1 Å². The van der Waals surface area contributed by atoms with E-state index >= 15 is 0 Å². The summed E-state index contributed by atoms with van der Waals surface area (Å²) in [7, 11) is 1.17. The van der Waals surface area contributed by atoms with Crippen molar-refractivity contribution in [2.45, 2.75) is 133 Å². The van der Waals surface area contributed by atoms with E-state index in [-0.39, 0.29) is 45.9 Å². The molecule has 2 heterocycles. The minimum Gasteiger partial charge on any atom is -0.875 e. The second kappa shape index (κ2) is 22.4. The molecule has 0 atom stereocenters. The summed E-state index contributed by atoms with van der Waals surface area (Å²) in [5.41, 5.74) is 6.00. The van der Waals surface area contributed by atoms with E-state index < -0.39 is 17.5 Å². The summed E-state index contributed by atoms with van der Waals surface area (Å²) in [5, 5.41) is 16.4. The Morgan fingerprint density at radius 2 is 1.59 bits per heavy atom. The number of aromatic nitrogens is 2. The number of ketones is 1. The van der Waals surface area contributed by atoms with Crippen LogP contribution in [0.4, 0.5) is 11.4 Å². The molecule has 10 nitrogen and oxygen atoms in total. The van der Waals surface area contributed by atoms with Gasteiger partial charge in [0.15, 0.2) is 11.6 Å². The number of esters is 1. The number of benzene rings is 1. The fourth-order valence-electron chi connectivity index (χ4n) is 5.88. The third-order valence-corrected chi connectivity index (χ3v) is 8.79. The molecule has 0 amide bonds. The zero-order chi connectivity index (χ0) is 37.5. The zero-order valence-corrected chi connectivity index (χ0v) is 33.7. The van der Waals surface area contributed by atoms with Gasteiger partial charge >= 0.3 is 22.5 Å². The fourth-order valence-corrected chi connectivity index (χ4v) is 5.88. The van der Waals surface area contributed by atoms with Crippen molar-refractivity contribution in [1.82, 2.24) is 9.66 Å². The quantitative estimate of drug-likeness (QED) is 0.0310. The predicted octanol–water partition coefficient (Wildman–Crippen LogP) is 7.58. The number of anilines is 1. The molecule has 0 N–H and O–H groups in total. The van der Waals surface area contributed by atoms with E-state index in [2.05, 4.69) is 90.1 Å². The summed E-state index contributed by atoms with van der Waals surface area (Å²) in [4.78, 5) is 48.2. The third kappa shape index (κ3) is 12.3. The van der Waals surface area contributed by atoms with Crippen LogP contribution in [-0.2, 0) is 37.2 Å². The van der Waals surface area contributed by atoms with Crippen LogP contribution in [-0.4, -0.2) is 53.0 Å². The summed E-state index contributed by atoms with van der Waals surface area (Å²) < 4.78 is 5.91. The molecule has 284 valence electrons. The number of carbonyl (C=O) groups excluding carboxylic acids is 2. The van der Waals surface area contributed by atoms with Crippen molar-refractivity contribution in [3.05, 3.63) is 62.5 Å². The number of nitrogens with zero attached hydrogens (tertiary/aromatic N) is 5. The number of unbranched alkanes of at least 4 members (excludes halogenated alkanes) is 5. The van der Waals surface area contributed by atoms with Crippen molar-refractivity contribution in [3.63, 3.8) is 0 Å². The number of hydrogen-bond acceptors (Lipinski definition) is 9. The molecule has 1 aromatic heterocycles. The monoisotopic (exact) mass is 748 g/mol. The van der Waals surface area contributed by atoms with Crippen LogP contribution in [0.2, 0.25) is 0 Å². The van der Waals surface area contributed by atoms with Crippen molar-refractivity contribution in [3.8, 4) is 0 Å². The number of carbonyl (C=O) groups is 2. The van der Waals surface area contributed by atoms with Crippen molar-refractivity contribution in [2.24, 2.45) is 16.0 Å². The molecule has 0 unspecified atom stereocenters. The molecule has 0 radical (unpaired) electrons. The number of aliphatic imine (C=N–C) groups is 1. The first kappa shape index (κ1) is 45.4. The van der Waals surface area contributed by atoms with Crippen LogP contribution in [0.5, 0.6) is 0 Å². The van der Waals surface area contributed by atoms with Crippen molar-refractivity contribution in [2.75, 3.05) is 25.1 Å². The van der Waals surface area contributed by atoms with Gasteiger partial charge in [-0.25, -0.2) is 14.8 Å². The van der Waals surface area contributed by atoms with E-state index in [4.69, 9.17) is 15.1 Å². The molecule has 3 rings (SSSR count). The maximum absolute atomic E-state index is 13.5. The van der Waals surface area contributed by atoms with Gasteiger partial charge in [0, 0.05) is 24.3 Å². The number of rotatable bonds is 17. The Kier molecular flexibility index (Phi) is 19.9. The largest absolute Gasteiger partial charge is 2.00 e. The number of methoxy groups -OCH3 is 1. The van der Waals surface area contributed by atoms with E-state index in [9.17, 15) is 19.5 Å². The Bertz CT molecular complexity index is 1620. The first-order valence-corrected chi connectivity index (χ1v) is 18.5. The summed E-state index contributed by atoms with van der Waals surface area (Å²) in [6.45, 7) is 22.2. The van der Waals surface area contributed by atoms with Gasteiger partial charge in [0.2, 0.25) is 0 Å². The van der Waals surface area contributed by atoms with Gasteiger partial charge in [-0.2, -0.15) is 9.78 Å². The maximum Gasteiger partial charge on any atom is 2.00 e. The maximum atomic E-state index is 13.5. The first-order valence-electron chi connectivity index (χ1n) is 18.5. The molecule has 1 aliphatic rings. The van der Waals surface area contributed by atoms with Gasteiger partial charge < -0.3 is 14.7 Å². The Morgan fingerprint density at radius 3 is 2.10 bits per heavy atom. The van der Waals surface area contributed by atoms with Gasteiger partial charge in [-0.3, -0.25) is 9.59 Å². The number of hydrogen-bond donors (Lipinski definition) is 0. The van der Waals surface area contributed by atoms with Crippen LogP contribution in [0.15, 0.2) is 44.4 Å². The predicted molar refractivity (Wildman–Crippen MR) is 203 cm³/mol. The number of allylic oxidation sites excluding steroid dienone is 1. The summed E-state index contributed by atoms with van der Waals surface area (Å²) >= 11 is 0. The minimum atomic E-state index is -0.823. The normalized spacial score (nSPS) is 13.3. The number of fused-ring (bicyclic) bond motifs is 1. The summed E-state index contributed by atoms with van der Waals surface area (Å²) in [6, 6.07) is 6.36. The third-order valence-electron chi connectivity index (χ3n) is 8.79. The van der Waals surface area contributed by atoms with Crippen LogP contribution in [0.1, 0.15) is 142 Å². The van der Waals surface area contributed by atoms with E-state index in [1.54, 1.807) is 0 Å². The molecule has 0 saturated heterocycles. The number of Topliss-reactive ketones (excluding diaryl/α,β-unsaturated/α-hetero) is 1. The van der Waals surface area contributed by atoms with Crippen LogP contribution < -0.4 is 15.6 Å². The standard InChI is InChI=1S/C27H39N5O.C13H22O4.Ni/c1-9-12-13-21-23(17(4)5)29-26-25(24(18(6)7)30-32(26)27(21)33)28-22-15-14-20(16-19(22)8)31(10-2)11-3;1-4-5-6-7-8-9-11(15)12(10(2)14)13(16)17-3;/h14-18H,9-13H2,1-8H3;15H,4-9H2,1-3H3;/q;;+2/p-1. The molecule has 0 fully saturated rings. The Morgan fingerprint density at radius 1 is 0.961 bits per heavy atom. The first-order chi connectivity index (χ1) is 23.8. The molecule has 1 aromatic carbocycles. The van der Waals surface area contributed by atoms with Gasteiger partial charge in [0.1, 0.15) is 5.71 Å². The Labute approximate surface area is 315 Å². The van der Waals surface area contributed by atoms with Gasteiger partial charge in [0.25, 0.3) is 5.56 Å². The summed E-state index contributed by atoms with van der Waals surface area (Å²) in [6.07, 6.45) is 8.02. The second-order valence-corrected chi connectivity index (χ2v) is 13.4. The van der Waals surface area contributed by atoms with Crippen LogP contribution in [0.25, 0.3) is 0 Å². The second-order valence-electron chi connectivity index (χ2n) is 13.4. The Balaban J connectivity index is 0.000000616. The van der Waals surface area contributed by atoms with Gasteiger partial charge in [-0.05, 0) is 82.6 Å². The van der Waals surface area contributed by atoms with Crippen molar-refractivity contribution < 1.29 is 35.9 Å². The zero-order valence-electron chi connectivity index (χ0n) is 32.8. The number of aryl methyl sites for hydroxylation is 1. The van der Waals surface area contributed by atoms with Crippen LogP contribution >= 0.6 is 0 Å². The van der Waals surface area contributed by atoms with Gasteiger partial charge in [0.05, 0.1) is 29.8 Å². The van der Waals surface area contributed by atoms with E-state index in [1.807, 2.05) is 0 Å². The van der Waals surface area contributed by atoms with Crippen molar-refractivity contribution in [1.29, 1.82) is 0 Å². The average Bonchev–Trinajstić information content (AvgIpc) is 3.44.